The summed E-state index contributed by atoms with van der Waals surface area (Å²) in [5, 5.41) is 1.01. The minimum Gasteiger partial charge on any atom is -0.337 e. The number of pyridine rings is 2. The van der Waals surface area contributed by atoms with Crippen LogP contribution in [-0.4, -0.2) is 27.8 Å². The molecule has 1 aromatic carbocycles. The number of fused-ring (bicyclic) bond motifs is 1. The van der Waals surface area contributed by atoms with Gasteiger partial charge in [-0.05, 0) is 29.8 Å². The predicted octanol–water partition coefficient (Wildman–Crippen LogP) is 2.20. The van der Waals surface area contributed by atoms with Gasteiger partial charge in [-0.3, -0.25) is 14.6 Å². The largest absolute Gasteiger partial charge is 0.337 e. The van der Waals surface area contributed by atoms with Crippen molar-refractivity contribution in [2.75, 3.05) is 7.05 Å². The van der Waals surface area contributed by atoms with Crippen molar-refractivity contribution in [3.63, 3.8) is 0 Å². The van der Waals surface area contributed by atoms with Gasteiger partial charge in [0, 0.05) is 31.4 Å². The van der Waals surface area contributed by atoms with Crippen molar-refractivity contribution in [3.8, 4) is 0 Å². The van der Waals surface area contributed by atoms with E-state index in [-0.39, 0.29) is 17.0 Å². The first-order valence-electron chi connectivity index (χ1n) is 6.92. The molecule has 0 saturated carbocycles. The van der Waals surface area contributed by atoms with Crippen LogP contribution in [0.4, 0.5) is 0 Å². The maximum absolute atomic E-state index is 12.4. The van der Waals surface area contributed by atoms with Gasteiger partial charge in [-0.25, -0.2) is 0 Å². The minimum atomic E-state index is -0.376. The van der Waals surface area contributed by atoms with Crippen LogP contribution in [0.25, 0.3) is 10.9 Å². The Bertz CT molecular complexity index is 881. The molecule has 2 heterocycles. The Morgan fingerprint density at radius 1 is 1.18 bits per heavy atom. The number of hydrogen-bond acceptors (Lipinski definition) is 3. The number of nitrogens with one attached hydrogen (secondary N) is 1. The molecule has 0 bridgehead atoms. The van der Waals surface area contributed by atoms with E-state index in [4.69, 9.17) is 0 Å². The van der Waals surface area contributed by atoms with Gasteiger partial charge in [0.2, 0.25) is 0 Å². The minimum absolute atomic E-state index is 0.142. The van der Waals surface area contributed by atoms with Crippen LogP contribution in [0.3, 0.4) is 0 Å². The smallest absolute Gasteiger partial charge is 0.260 e. The molecule has 110 valence electrons. The lowest BCUT2D eigenvalue weighted by atomic mass is 10.1. The molecule has 3 aromatic rings. The van der Waals surface area contributed by atoms with E-state index in [2.05, 4.69) is 9.97 Å². The summed E-state index contributed by atoms with van der Waals surface area (Å²) >= 11 is 0. The second-order valence-electron chi connectivity index (χ2n) is 5.06. The maximum atomic E-state index is 12.4. The summed E-state index contributed by atoms with van der Waals surface area (Å²) in [5.41, 5.74) is 1.65. The van der Waals surface area contributed by atoms with Crippen LogP contribution in [0, 0.1) is 0 Å². The Hall–Kier alpha value is -2.95. The van der Waals surface area contributed by atoms with Gasteiger partial charge in [0.1, 0.15) is 5.56 Å². The Labute approximate surface area is 127 Å². The lowest BCUT2D eigenvalue weighted by Crippen LogP contribution is -2.31. The van der Waals surface area contributed by atoms with Crippen LogP contribution in [0.1, 0.15) is 15.9 Å². The first-order chi connectivity index (χ1) is 10.7. The van der Waals surface area contributed by atoms with Gasteiger partial charge in [-0.2, -0.15) is 0 Å². The topological polar surface area (TPSA) is 66.1 Å². The fraction of sp³-hybridized carbons (Fsp3) is 0.118. The zero-order valence-electron chi connectivity index (χ0n) is 12.1. The Kier molecular flexibility index (Phi) is 3.70. The highest BCUT2D eigenvalue weighted by Gasteiger charge is 2.16. The average Bonchev–Trinajstić information content (AvgIpc) is 2.55. The molecule has 0 unspecified atom stereocenters. The van der Waals surface area contributed by atoms with E-state index in [0.29, 0.717) is 6.54 Å². The van der Waals surface area contributed by atoms with Crippen LogP contribution >= 0.6 is 0 Å². The standard InChI is InChI=1S/C17H15N3O2/c1-20(17(22)14-7-4-10-19-16(14)21)11-12-5-2-8-15-13(12)6-3-9-18-15/h2-10H,11H2,1H3,(H,19,21). The second kappa shape index (κ2) is 5.81. The van der Waals surface area contributed by atoms with E-state index >= 15 is 0 Å². The number of aromatic nitrogens is 2. The number of carbonyl (C=O) groups excluding carboxylic acids is 1. The van der Waals surface area contributed by atoms with Crippen LogP contribution in [-0.2, 0) is 6.54 Å². The van der Waals surface area contributed by atoms with E-state index in [9.17, 15) is 9.59 Å². The molecule has 1 amide bonds. The molecule has 0 spiro atoms. The van der Waals surface area contributed by atoms with Gasteiger partial charge in [0.05, 0.1) is 5.52 Å². The van der Waals surface area contributed by atoms with Gasteiger partial charge < -0.3 is 9.88 Å². The number of hydrogen-bond donors (Lipinski definition) is 1. The number of amides is 1. The number of carbonyl (C=O) groups is 1. The van der Waals surface area contributed by atoms with Crippen LogP contribution in [0.15, 0.2) is 59.7 Å². The molecule has 22 heavy (non-hydrogen) atoms. The first-order valence-corrected chi connectivity index (χ1v) is 6.92. The number of aromatic amines is 1. The molecule has 0 saturated heterocycles. The van der Waals surface area contributed by atoms with Gasteiger partial charge >= 0.3 is 0 Å². The fourth-order valence-electron chi connectivity index (χ4n) is 2.43. The van der Waals surface area contributed by atoms with E-state index in [0.717, 1.165) is 16.5 Å². The molecule has 0 atom stereocenters. The highest BCUT2D eigenvalue weighted by molar-refractivity contribution is 5.94. The molecule has 3 rings (SSSR count). The number of rotatable bonds is 3. The molecule has 0 fully saturated rings. The summed E-state index contributed by atoms with van der Waals surface area (Å²) in [6, 6.07) is 12.8. The molecule has 2 aromatic heterocycles. The van der Waals surface area contributed by atoms with Crippen molar-refractivity contribution in [1.29, 1.82) is 0 Å². The third-order valence-corrected chi connectivity index (χ3v) is 3.54. The normalized spacial score (nSPS) is 10.6. The number of H-pyrrole nitrogens is 1. The number of nitrogens with zero attached hydrogens (tertiary/aromatic N) is 2. The van der Waals surface area contributed by atoms with E-state index in [1.165, 1.54) is 17.2 Å². The monoisotopic (exact) mass is 293 g/mol. The third kappa shape index (κ3) is 2.61. The second-order valence-corrected chi connectivity index (χ2v) is 5.06. The van der Waals surface area contributed by atoms with E-state index < -0.39 is 0 Å². The van der Waals surface area contributed by atoms with Gasteiger partial charge in [-0.1, -0.05) is 18.2 Å². The van der Waals surface area contributed by atoms with Crippen LogP contribution in [0.2, 0.25) is 0 Å². The quantitative estimate of drug-likeness (QED) is 0.805. The van der Waals surface area contributed by atoms with Crippen LogP contribution in [0.5, 0.6) is 0 Å². The fourth-order valence-corrected chi connectivity index (χ4v) is 2.43. The predicted molar refractivity (Wildman–Crippen MR) is 84.6 cm³/mol. The zero-order chi connectivity index (χ0) is 15.5. The summed E-state index contributed by atoms with van der Waals surface area (Å²) in [7, 11) is 1.68. The van der Waals surface area contributed by atoms with Crippen molar-refractivity contribution in [3.05, 3.63) is 76.3 Å². The summed E-state index contributed by atoms with van der Waals surface area (Å²) < 4.78 is 0. The molecule has 5 heteroatoms. The first kappa shape index (κ1) is 14.0. The highest BCUT2D eigenvalue weighted by Crippen LogP contribution is 2.18. The molecule has 0 aliphatic carbocycles. The van der Waals surface area contributed by atoms with Crippen molar-refractivity contribution in [2.45, 2.75) is 6.54 Å². The molecule has 5 nitrogen and oxygen atoms in total. The summed E-state index contributed by atoms with van der Waals surface area (Å²) in [5.74, 6) is -0.303. The zero-order valence-corrected chi connectivity index (χ0v) is 12.1. The molecule has 0 aliphatic rings. The molecular weight excluding hydrogens is 278 g/mol. The molecule has 0 aliphatic heterocycles. The van der Waals surface area contributed by atoms with Gasteiger partial charge in [0.15, 0.2) is 0 Å². The average molecular weight is 293 g/mol. The summed E-state index contributed by atoms with van der Waals surface area (Å²) in [6.45, 7) is 0.413. The van der Waals surface area contributed by atoms with Crippen molar-refractivity contribution in [2.24, 2.45) is 0 Å². The molecule has 1 N–H and O–H groups in total. The van der Waals surface area contributed by atoms with E-state index in [1.54, 1.807) is 19.3 Å². The van der Waals surface area contributed by atoms with Gasteiger partial charge in [-0.15, -0.1) is 0 Å². The summed E-state index contributed by atoms with van der Waals surface area (Å²) in [4.78, 5) is 32.5. The lowest BCUT2D eigenvalue weighted by molar-refractivity contribution is 0.0784. The Morgan fingerprint density at radius 3 is 2.86 bits per heavy atom. The lowest BCUT2D eigenvalue weighted by Gasteiger charge is -2.18. The van der Waals surface area contributed by atoms with Crippen molar-refractivity contribution >= 4 is 16.8 Å². The molecular formula is C17H15N3O2. The maximum Gasteiger partial charge on any atom is 0.260 e. The van der Waals surface area contributed by atoms with Gasteiger partial charge in [0.25, 0.3) is 11.5 Å². The number of benzene rings is 1. The summed E-state index contributed by atoms with van der Waals surface area (Å²) in [6.07, 6.45) is 3.25. The SMILES string of the molecule is CN(Cc1cccc2ncccc12)C(=O)c1ccc[nH]c1=O. The van der Waals surface area contributed by atoms with Crippen molar-refractivity contribution in [1.82, 2.24) is 14.9 Å². The van der Waals surface area contributed by atoms with Crippen LogP contribution < -0.4 is 5.56 Å². The third-order valence-electron chi connectivity index (χ3n) is 3.54. The Balaban J connectivity index is 1.90. The van der Waals surface area contributed by atoms with Crippen molar-refractivity contribution < 1.29 is 4.79 Å². The van der Waals surface area contributed by atoms with E-state index in [1.807, 2.05) is 30.3 Å². The highest BCUT2D eigenvalue weighted by atomic mass is 16.2. The molecule has 0 radical (unpaired) electrons. The Morgan fingerprint density at radius 2 is 2.05 bits per heavy atom.